The minimum Gasteiger partial charge on any atom is -0.352 e. The molecule has 0 unspecified atom stereocenters. The van der Waals surface area contributed by atoms with Crippen LogP contribution in [0.15, 0.2) is 79.0 Å². The van der Waals surface area contributed by atoms with Gasteiger partial charge in [-0.25, -0.2) is 0 Å². The van der Waals surface area contributed by atoms with Gasteiger partial charge in [0.15, 0.2) is 0 Å². The summed E-state index contributed by atoms with van der Waals surface area (Å²) in [5.41, 5.74) is 3.42. The molecule has 3 rings (SSSR count). The van der Waals surface area contributed by atoms with Gasteiger partial charge in [0.2, 0.25) is 0 Å². The van der Waals surface area contributed by atoms with Gasteiger partial charge in [-0.1, -0.05) is 60.7 Å². The highest BCUT2D eigenvalue weighted by Crippen LogP contribution is 2.06. The largest absolute Gasteiger partial charge is 0.352 e. The van der Waals surface area contributed by atoms with Crippen LogP contribution in [0, 0.1) is 0 Å². The van der Waals surface area contributed by atoms with Crippen LogP contribution >= 0.6 is 0 Å². The summed E-state index contributed by atoms with van der Waals surface area (Å²) in [7, 11) is 0. The van der Waals surface area contributed by atoms with Crippen molar-refractivity contribution in [2.75, 3.05) is 13.1 Å². The van der Waals surface area contributed by atoms with Crippen molar-refractivity contribution in [2.45, 2.75) is 38.5 Å². The monoisotopic (exact) mass is 429 g/mol. The Balaban J connectivity index is 1.30. The van der Waals surface area contributed by atoms with Crippen molar-refractivity contribution in [1.82, 2.24) is 15.6 Å². The fraction of sp³-hybridized carbons (Fsp3) is 0.296. The van der Waals surface area contributed by atoms with Gasteiger partial charge in [-0.2, -0.15) is 0 Å². The number of unbranched alkanes of at least 4 members (excludes halogenated alkanes) is 2. The molecule has 0 saturated carbocycles. The summed E-state index contributed by atoms with van der Waals surface area (Å²) >= 11 is 0. The molecule has 0 aliphatic rings. The Morgan fingerprint density at radius 1 is 0.625 bits per heavy atom. The van der Waals surface area contributed by atoms with Crippen LogP contribution < -0.4 is 10.6 Å². The third-order valence-electron chi connectivity index (χ3n) is 5.30. The molecule has 5 heteroatoms. The Morgan fingerprint density at radius 3 is 1.66 bits per heavy atom. The smallest absolute Gasteiger partial charge is 0.269 e. The van der Waals surface area contributed by atoms with E-state index in [2.05, 4.69) is 39.9 Å². The minimum atomic E-state index is -0.211. The molecule has 2 N–H and O–H groups in total. The molecule has 0 bridgehead atoms. The molecule has 0 atom stereocenters. The predicted molar refractivity (Wildman–Crippen MR) is 128 cm³/mol. The maximum absolute atomic E-state index is 12.3. The Morgan fingerprint density at radius 2 is 1.16 bits per heavy atom. The van der Waals surface area contributed by atoms with Crippen LogP contribution in [0.25, 0.3) is 0 Å². The fourth-order valence-corrected chi connectivity index (χ4v) is 3.46. The molecule has 1 heterocycles. The lowest BCUT2D eigenvalue weighted by molar-refractivity contribution is 0.0937. The number of carbonyl (C=O) groups is 2. The van der Waals surface area contributed by atoms with Crippen LogP contribution in [0.5, 0.6) is 0 Å². The van der Waals surface area contributed by atoms with E-state index in [0.29, 0.717) is 24.3 Å². The maximum Gasteiger partial charge on any atom is 0.269 e. The first-order chi connectivity index (χ1) is 15.7. The second-order valence-electron chi connectivity index (χ2n) is 7.83. The zero-order chi connectivity index (χ0) is 22.4. The van der Waals surface area contributed by atoms with Gasteiger partial charge in [0.1, 0.15) is 5.69 Å². The molecule has 32 heavy (non-hydrogen) atoms. The van der Waals surface area contributed by atoms with E-state index in [-0.39, 0.29) is 11.8 Å². The normalized spacial score (nSPS) is 10.5. The molecule has 2 amide bonds. The number of rotatable bonds is 12. The molecule has 0 fully saturated rings. The highest BCUT2D eigenvalue weighted by Gasteiger charge is 2.10. The van der Waals surface area contributed by atoms with E-state index in [1.165, 1.54) is 17.3 Å². The van der Waals surface area contributed by atoms with E-state index < -0.39 is 0 Å². The first-order valence-electron chi connectivity index (χ1n) is 11.3. The third-order valence-corrected chi connectivity index (χ3v) is 5.30. The van der Waals surface area contributed by atoms with Crippen molar-refractivity contribution < 1.29 is 9.59 Å². The average molecular weight is 430 g/mol. The molecule has 0 aliphatic carbocycles. The second kappa shape index (κ2) is 13.1. The number of nitrogens with one attached hydrogen (secondary N) is 2. The van der Waals surface area contributed by atoms with Gasteiger partial charge in [0.05, 0.1) is 5.56 Å². The van der Waals surface area contributed by atoms with E-state index in [0.717, 1.165) is 38.5 Å². The van der Waals surface area contributed by atoms with Gasteiger partial charge >= 0.3 is 0 Å². The van der Waals surface area contributed by atoms with E-state index >= 15 is 0 Å². The Bertz CT molecular complexity index is 877. The molecular weight excluding hydrogens is 398 g/mol. The van der Waals surface area contributed by atoms with Crippen molar-refractivity contribution in [3.05, 3.63) is 101 Å². The number of aromatic nitrogens is 1. The Labute approximate surface area is 190 Å². The van der Waals surface area contributed by atoms with Crippen LogP contribution in [-0.2, 0) is 12.8 Å². The van der Waals surface area contributed by atoms with Crippen molar-refractivity contribution >= 4 is 11.8 Å². The number of carbonyl (C=O) groups excluding carboxylic acids is 2. The number of pyridine rings is 1. The van der Waals surface area contributed by atoms with Gasteiger partial charge < -0.3 is 10.6 Å². The van der Waals surface area contributed by atoms with Crippen molar-refractivity contribution in [3.8, 4) is 0 Å². The summed E-state index contributed by atoms with van der Waals surface area (Å²) < 4.78 is 0. The van der Waals surface area contributed by atoms with Crippen LogP contribution in [-0.4, -0.2) is 29.9 Å². The third kappa shape index (κ3) is 7.99. The second-order valence-corrected chi connectivity index (χ2v) is 7.83. The summed E-state index contributed by atoms with van der Waals surface area (Å²) in [5, 5.41) is 5.81. The number of nitrogens with zero attached hydrogens (tertiary/aromatic N) is 1. The zero-order valence-electron chi connectivity index (χ0n) is 18.4. The number of benzene rings is 2. The highest BCUT2D eigenvalue weighted by atomic mass is 16.2. The van der Waals surface area contributed by atoms with E-state index in [1.807, 2.05) is 36.4 Å². The molecule has 2 aromatic carbocycles. The summed E-state index contributed by atoms with van der Waals surface area (Å²) in [5.74, 6) is -0.373. The Hall–Kier alpha value is -3.47. The van der Waals surface area contributed by atoms with Gasteiger partial charge in [-0.05, 0) is 61.8 Å². The minimum absolute atomic E-state index is 0.162. The number of aryl methyl sites for hydroxylation is 2. The molecule has 1 aromatic heterocycles. The molecule has 0 saturated heterocycles. The highest BCUT2D eigenvalue weighted by molar-refractivity contribution is 5.96. The predicted octanol–water partition coefficient (Wildman–Crippen LogP) is 4.59. The number of hydrogen-bond acceptors (Lipinski definition) is 3. The molecule has 0 aliphatic heterocycles. The van der Waals surface area contributed by atoms with Gasteiger partial charge in [0, 0.05) is 19.3 Å². The molecule has 0 spiro atoms. The van der Waals surface area contributed by atoms with Crippen LogP contribution in [0.1, 0.15) is 57.7 Å². The first kappa shape index (κ1) is 23.2. The number of amides is 2. The summed E-state index contributed by atoms with van der Waals surface area (Å²) in [6.45, 7) is 1.23. The molecule has 5 nitrogen and oxygen atoms in total. The lowest BCUT2D eigenvalue weighted by atomic mass is 10.1. The summed E-state index contributed by atoms with van der Waals surface area (Å²) in [4.78, 5) is 28.7. The lowest BCUT2D eigenvalue weighted by Crippen LogP contribution is -2.27. The maximum atomic E-state index is 12.3. The van der Waals surface area contributed by atoms with Crippen molar-refractivity contribution in [3.63, 3.8) is 0 Å². The lowest BCUT2D eigenvalue weighted by Gasteiger charge is -2.07. The van der Waals surface area contributed by atoms with E-state index in [1.54, 1.807) is 12.1 Å². The number of hydrogen-bond donors (Lipinski definition) is 2. The molecule has 0 radical (unpaired) electrons. The van der Waals surface area contributed by atoms with E-state index in [4.69, 9.17) is 0 Å². The average Bonchev–Trinajstić information content (AvgIpc) is 2.85. The van der Waals surface area contributed by atoms with Crippen LogP contribution in [0.2, 0.25) is 0 Å². The van der Waals surface area contributed by atoms with Gasteiger partial charge in [0.25, 0.3) is 11.8 Å². The molecule has 3 aromatic rings. The standard InChI is InChI=1S/C27H31N3O2/c31-26(28-19-9-7-15-22-11-3-1-4-12-22)24-17-18-25(30-21-24)27(32)29-20-10-8-16-23-13-5-2-6-14-23/h1-6,11-14,17-18,21H,7-10,15-16,19-20H2,(H,28,31)(H,29,32). The quantitative estimate of drug-likeness (QED) is 0.414. The Kier molecular flexibility index (Phi) is 9.46. The zero-order valence-corrected chi connectivity index (χ0v) is 18.4. The van der Waals surface area contributed by atoms with Gasteiger partial charge in [-0.15, -0.1) is 0 Å². The van der Waals surface area contributed by atoms with Crippen LogP contribution in [0.4, 0.5) is 0 Å². The fourth-order valence-electron chi connectivity index (χ4n) is 3.46. The van der Waals surface area contributed by atoms with Crippen molar-refractivity contribution in [1.29, 1.82) is 0 Å². The van der Waals surface area contributed by atoms with Gasteiger partial charge in [-0.3, -0.25) is 14.6 Å². The topological polar surface area (TPSA) is 71.1 Å². The summed E-state index contributed by atoms with van der Waals surface area (Å²) in [6, 6.07) is 23.9. The molecular formula is C27H31N3O2. The first-order valence-corrected chi connectivity index (χ1v) is 11.3. The SMILES string of the molecule is O=C(NCCCCc1ccccc1)c1ccc(C(=O)NCCCCc2ccccc2)nc1. The molecule has 166 valence electrons. The van der Waals surface area contributed by atoms with Crippen LogP contribution in [0.3, 0.4) is 0 Å². The van der Waals surface area contributed by atoms with E-state index in [9.17, 15) is 9.59 Å². The van der Waals surface area contributed by atoms with Crippen molar-refractivity contribution in [2.24, 2.45) is 0 Å². The summed E-state index contributed by atoms with van der Waals surface area (Å²) in [6.07, 6.45) is 7.34.